The number of nitrogens with one attached hydrogen (secondary N) is 1. The van der Waals surface area contributed by atoms with Crippen LogP contribution in [0.4, 0.5) is 0 Å². The number of hydrogen-bond acceptors (Lipinski definition) is 6. The summed E-state index contributed by atoms with van der Waals surface area (Å²) in [5.41, 5.74) is 3.84. The summed E-state index contributed by atoms with van der Waals surface area (Å²) >= 11 is 1.62. The van der Waals surface area contributed by atoms with Crippen LogP contribution >= 0.6 is 11.3 Å². The van der Waals surface area contributed by atoms with Crippen molar-refractivity contribution in [3.63, 3.8) is 0 Å². The second kappa shape index (κ2) is 9.93. The van der Waals surface area contributed by atoms with Gasteiger partial charge in [-0.3, -0.25) is 9.78 Å². The molecule has 0 saturated heterocycles. The van der Waals surface area contributed by atoms with E-state index in [1.807, 2.05) is 35.7 Å². The highest BCUT2D eigenvalue weighted by molar-refractivity contribution is 7.08. The van der Waals surface area contributed by atoms with E-state index in [0.717, 1.165) is 22.4 Å². The summed E-state index contributed by atoms with van der Waals surface area (Å²) in [6.45, 7) is 0.431. The Balaban J connectivity index is 1.63. The van der Waals surface area contributed by atoms with E-state index in [1.165, 1.54) is 0 Å². The number of carbonyl (C=O) groups excluding carboxylic acids is 1. The van der Waals surface area contributed by atoms with Crippen LogP contribution in [0.3, 0.4) is 0 Å². The molecule has 0 radical (unpaired) electrons. The maximum atomic E-state index is 12.4. The number of ether oxygens (including phenoxy) is 3. The molecule has 0 fully saturated rings. The van der Waals surface area contributed by atoms with E-state index in [4.69, 9.17) is 14.2 Å². The van der Waals surface area contributed by atoms with Gasteiger partial charge >= 0.3 is 0 Å². The quantitative estimate of drug-likeness (QED) is 0.573. The number of methoxy groups -OCH3 is 3. The lowest BCUT2D eigenvalue weighted by Crippen LogP contribution is -2.23. The molecule has 0 unspecified atom stereocenters. The van der Waals surface area contributed by atoms with Crippen molar-refractivity contribution in [3.05, 3.63) is 58.4 Å². The molecule has 2 aromatic heterocycles. The Morgan fingerprint density at radius 1 is 1.03 bits per heavy atom. The number of nitrogens with zero attached hydrogens (tertiary/aromatic N) is 1. The minimum absolute atomic E-state index is 0.0399. The average Bonchev–Trinajstić information content (AvgIpc) is 3.30. The van der Waals surface area contributed by atoms with Crippen LogP contribution in [0.5, 0.6) is 17.2 Å². The molecule has 2 heterocycles. The van der Waals surface area contributed by atoms with E-state index in [-0.39, 0.29) is 5.91 Å². The smallest absolute Gasteiger partial charge is 0.220 e. The van der Waals surface area contributed by atoms with Crippen LogP contribution in [0.1, 0.15) is 17.5 Å². The molecule has 1 N–H and O–H groups in total. The first-order chi connectivity index (χ1) is 14.2. The Labute approximate surface area is 174 Å². The average molecular weight is 413 g/mol. The van der Waals surface area contributed by atoms with Gasteiger partial charge in [0.15, 0.2) is 11.5 Å². The second-order valence-corrected chi connectivity index (χ2v) is 7.07. The molecule has 1 amide bonds. The first kappa shape index (κ1) is 20.7. The van der Waals surface area contributed by atoms with Gasteiger partial charge in [0.2, 0.25) is 11.7 Å². The number of amides is 1. The molecule has 0 aliphatic heterocycles. The van der Waals surface area contributed by atoms with Gasteiger partial charge < -0.3 is 19.5 Å². The zero-order chi connectivity index (χ0) is 20.6. The highest BCUT2D eigenvalue weighted by Crippen LogP contribution is 2.40. The topological polar surface area (TPSA) is 69.7 Å². The number of hydrogen-bond donors (Lipinski definition) is 1. The lowest BCUT2D eigenvalue weighted by atomic mass is 10.1. The molecule has 3 rings (SSSR count). The van der Waals surface area contributed by atoms with E-state index in [2.05, 4.69) is 15.7 Å². The fourth-order valence-corrected chi connectivity index (χ4v) is 3.77. The lowest BCUT2D eigenvalue weighted by Gasteiger charge is -2.15. The molecule has 152 valence electrons. The Kier molecular flexibility index (Phi) is 7.08. The number of pyridine rings is 1. The van der Waals surface area contributed by atoms with E-state index >= 15 is 0 Å². The first-order valence-corrected chi connectivity index (χ1v) is 10.1. The molecule has 3 aromatic rings. The van der Waals surface area contributed by atoms with E-state index in [9.17, 15) is 4.79 Å². The van der Waals surface area contributed by atoms with Crippen molar-refractivity contribution in [2.24, 2.45) is 0 Å². The highest BCUT2D eigenvalue weighted by Gasteiger charge is 2.16. The van der Waals surface area contributed by atoms with Gasteiger partial charge in [0.25, 0.3) is 0 Å². The van der Waals surface area contributed by atoms with Crippen molar-refractivity contribution >= 4 is 17.2 Å². The molecule has 0 atom stereocenters. The Morgan fingerprint density at radius 2 is 1.86 bits per heavy atom. The van der Waals surface area contributed by atoms with Crippen molar-refractivity contribution in [1.82, 2.24) is 10.3 Å². The normalized spacial score (nSPS) is 10.4. The van der Waals surface area contributed by atoms with Crippen LogP contribution in [-0.2, 0) is 17.8 Å². The molecule has 7 heteroatoms. The summed E-state index contributed by atoms with van der Waals surface area (Å²) in [5, 5.41) is 7.06. The van der Waals surface area contributed by atoms with Gasteiger partial charge in [-0.15, -0.1) is 0 Å². The fraction of sp³-hybridized carbons (Fsp3) is 0.273. The number of benzene rings is 1. The van der Waals surface area contributed by atoms with Crippen LogP contribution in [0.25, 0.3) is 11.3 Å². The SMILES string of the molecule is COc1ccc(CCC(=O)NCc2cccnc2-c2ccsc2)c(OC)c1OC. The summed E-state index contributed by atoms with van der Waals surface area (Å²) in [5.74, 6) is 1.67. The van der Waals surface area contributed by atoms with E-state index in [0.29, 0.717) is 36.6 Å². The third-order valence-electron chi connectivity index (χ3n) is 4.57. The summed E-state index contributed by atoms with van der Waals surface area (Å²) in [7, 11) is 4.72. The van der Waals surface area contributed by atoms with E-state index in [1.54, 1.807) is 38.9 Å². The molecular weight excluding hydrogens is 388 g/mol. The largest absolute Gasteiger partial charge is 0.493 e. The van der Waals surface area contributed by atoms with Gasteiger partial charge in [-0.2, -0.15) is 11.3 Å². The molecule has 6 nitrogen and oxygen atoms in total. The van der Waals surface area contributed by atoms with Crippen molar-refractivity contribution in [1.29, 1.82) is 0 Å². The van der Waals surface area contributed by atoms with Gasteiger partial charge in [-0.05, 0) is 41.1 Å². The summed E-state index contributed by atoms with van der Waals surface area (Å²) in [6.07, 6.45) is 2.63. The van der Waals surface area contributed by atoms with Gasteiger partial charge in [0, 0.05) is 30.1 Å². The molecule has 0 aliphatic rings. The Morgan fingerprint density at radius 3 is 2.55 bits per heavy atom. The van der Waals surface area contributed by atoms with Gasteiger partial charge in [-0.1, -0.05) is 12.1 Å². The van der Waals surface area contributed by atoms with Crippen LogP contribution < -0.4 is 19.5 Å². The third kappa shape index (κ3) is 4.86. The number of thiophene rings is 1. The monoisotopic (exact) mass is 412 g/mol. The Hall–Kier alpha value is -3.06. The van der Waals surface area contributed by atoms with Gasteiger partial charge in [-0.25, -0.2) is 0 Å². The van der Waals surface area contributed by atoms with Crippen LogP contribution in [0.15, 0.2) is 47.3 Å². The van der Waals surface area contributed by atoms with Crippen molar-refractivity contribution in [2.45, 2.75) is 19.4 Å². The summed E-state index contributed by atoms with van der Waals surface area (Å²) in [6, 6.07) is 9.60. The summed E-state index contributed by atoms with van der Waals surface area (Å²) < 4.78 is 16.2. The molecule has 0 spiro atoms. The molecule has 0 saturated carbocycles. The van der Waals surface area contributed by atoms with E-state index < -0.39 is 0 Å². The molecular formula is C22H24N2O4S. The van der Waals surface area contributed by atoms with Crippen LogP contribution in [0.2, 0.25) is 0 Å². The third-order valence-corrected chi connectivity index (χ3v) is 5.25. The maximum absolute atomic E-state index is 12.4. The fourth-order valence-electron chi connectivity index (χ4n) is 3.13. The zero-order valence-corrected chi connectivity index (χ0v) is 17.5. The highest BCUT2D eigenvalue weighted by atomic mass is 32.1. The maximum Gasteiger partial charge on any atom is 0.220 e. The minimum Gasteiger partial charge on any atom is -0.493 e. The van der Waals surface area contributed by atoms with Crippen LogP contribution in [-0.4, -0.2) is 32.2 Å². The van der Waals surface area contributed by atoms with Gasteiger partial charge in [0.1, 0.15) is 0 Å². The number of aromatic nitrogens is 1. The number of rotatable bonds is 9. The van der Waals surface area contributed by atoms with Crippen molar-refractivity contribution < 1.29 is 19.0 Å². The first-order valence-electron chi connectivity index (χ1n) is 9.19. The predicted molar refractivity (Wildman–Crippen MR) is 114 cm³/mol. The number of carbonyl (C=O) groups is 1. The zero-order valence-electron chi connectivity index (χ0n) is 16.7. The van der Waals surface area contributed by atoms with Gasteiger partial charge in [0.05, 0.1) is 27.0 Å². The molecule has 0 bridgehead atoms. The van der Waals surface area contributed by atoms with Crippen LogP contribution in [0, 0.1) is 0 Å². The number of aryl methyl sites for hydroxylation is 1. The lowest BCUT2D eigenvalue weighted by molar-refractivity contribution is -0.121. The predicted octanol–water partition coefficient (Wildman–Crippen LogP) is 4.08. The Bertz CT molecular complexity index is 957. The summed E-state index contributed by atoms with van der Waals surface area (Å²) in [4.78, 5) is 16.9. The molecule has 29 heavy (non-hydrogen) atoms. The van der Waals surface area contributed by atoms with Crippen molar-refractivity contribution in [2.75, 3.05) is 21.3 Å². The minimum atomic E-state index is -0.0399. The molecule has 0 aliphatic carbocycles. The molecule has 1 aromatic carbocycles. The second-order valence-electron chi connectivity index (χ2n) is 6.29. The standard InChI is InChI=1S/C22H24N2O4S/c1-26-18-8-6-15(21(27-2)22(18)28-3)7-9-19(25)24-13-16-5-4-11-23-20(16)17-10-12-29-14-17/h4-6,8,10-12,14H,7,9,13H2,1-3H3,(H,24,25). The van der Waals surface area contributed by atoms with Crippen molar-refractivity contribution in [3.8, 4) is 28.5 Å².